The first-order chi connectivity index (χ1) is 22.2. The number of carbonyl (C=O) groups is 3. The smallest absolute Gasteiger partial charge is 0.245 e. The molecule has 1 fully saturated rings. The second kappa shape index (κ2) is 17.3. The summed E-state index contributed by atoms with van der Waals surface area (Å²) in [5.41, 5.74) is 10.7. The number of aryl methyl sites for hydroxylation is 2. The van der Waals surface area contributed by atoms with E-state index in [0.717, 1.165) is 35.1 Å². The van der Waals surface area contributed by atoms with Gasteiger partial charge in [-0.2, -0.15) is 0 Å². The van der Waals surface area contributed by atoms with E-state index in [4.69, 9.17) is 17.3 Å². The lowest BCUT2D eigenvalue weighted by Crippen LogP contribution is -2.56. The summed E-state index contributed by atoms with van der Waals surface area (Å²) in [6.07, 6.45) is 3.82. The van der Waals surface area contributed by atoms with Crippen molar-refractivity contribution in [2.75, 3.05) is 26.7 Å². The molecule has 0 saturated carbocycles. The molecule has 0 aliphatic carbocycles. The average Bonchev–Trinajstić information content (AvgIpc) is 3.54. The van der Waals surface area contributed by atoms with Crippen LogP contribution in [0.1, 0.15) is 48.4 Å². The molecular weight excluding hydrogens is 598 g/mol. The fourth-order valence-corrected chi connectivity index (χ4v) is 6.14. The number of nitrogens with one attached hydrogen (secondary N) is 2. The highest BCUT2D eigenvalue weighted by molar-refractivity contribution is 6.31. The molecule has 0 radical (unpaired) electrons. The Morgan fingerprint density at radius 1 is 0.978 bits per heavy atom. The van der Waals surface area contributed by atoms with E-state index in [1.165, 1.54) is 0 Å². The first-order valence-corrected chi connectivity index (χ1v) is 16.7. The molecule has 4 atom stereocenters. The number of rotatable bonds is 15. The van der Waals surface area contributed by atoms with Crippen LogP contribution in [0.2, 0.25) is 5.02 Å². The highest BCUT2D eigenvalue weighted by atomic mass is 35.5. The summed E-state index contributed by atoms with van der Waals surface area (Å²) in [4.78, 5) is 44.7. The van der Waals surface area contributed by atoms with E-state index in [1.54, 1.807) is 14.0 Å². The van der Waals surface area contributed by atoms with Gasteiger partial charge in [0.25, 0.3) is 0 Å². The first kappa shape index (κ1) is 35.1. The van der Waals surface area contributed by atoms with E-state index in [2.05, 4.69) is 22.8 Å². The number of benzene rings is 3. The normalized spacial score (nSPS) is 16.5. The lowest BCUT2D eigenvalue weighted by Gasteiger charge is -2.34. The summed E-state index contributed by atoms with van der Waals surface area (Å²) in [6.45, 7) is 5.17. The van der Waals surface area contributed by atoms with Crippen molar-refractivity contribution in [1.82, 2.24) is 20.4 Å². The van der Waals surface area contributed by atoms with Crippen LogP contribution in [0, 0.1) is 6.92 Å². The number of nitrogens with two attached hydrogens (primary N) is 1. The molecule has 0 spiro atoms. The van der Waals surface area contributed by atoms with Crippen molar-refractivity contribution in [2.45, 2.75) is 76.5 Å². The van der Waals surface area contributed by atoms with E-state index in [9.17, 15) is 14.4 Å². The number of nitrogens with zero attached hydrogens (tertiary/aromatic N) is 2. The number of hydrogen-bond donors (Lipinski definition) is 3. The van der Waals surface area contributed by atoms with Gasteiger partial charge in [-0.1, -0.05) is 84.4 Å². The van der Waals surface area contributed by atoms with Crippen molar-refractivity contribution >= 4 is 29.3 Å². The third-order valence-corrected chi connectivity index (χ3v) is 9.34. The van der Waals surface area contributed by atoms with Crippen LogP contribution in [0.5, 0.6) is 0 Å². The molecule has 46 heavy (non-hydrogen) atoms. The molecule has 8 nitrogen and oxygen atoms in total. The number of likely N-dealkylation sites (N-methyl/N-ethyl adjacent to an activating group) is 1. The number of hydrogen-bond acceptors (Lipinski definition) is 5. The summed E-state index contributed by atoms with van der Waals surface area (Å²) in [5, 5.41) is 6.65. The number of amides is 3. The van der Waals surface area contributed by atoms with E-state index in [-0.39, 0.29) is 23.8 Å². The Morgan fingerprint density at radius 2 is 1.63 bits per heavy atom. The van der Waals surface area contributed by atoms with Crippen molar-refractivity contribution < 1.29 is 14.4 Å². The van der Waals surface area contributed by atoms with Gasteiger partial charge >= 0.3 is 0 Å². The minimum atomic E-state index is -0.733. The van der Waals surface area contributed by atoms with Crippen LogP contribution < -0.4 is 16.4 Å². The van der Waals surface area contributed by atoms with Crippen LogP contribution in [-0.4, -0.2) is 78.4 Å². The van der Waals surface area contributed by atoms with E-state index in [0.29, 0.717) is 50.3 Å². The van der Waals surface area contributed by atoms with Crippen LogP contribution >= 0.6 is 11.6 Å². The van der Waals surface area contributed by atoms with Gasteiger partial charge in [0.2, 0.25) is 17.7 Å². The Hall–Kier alpha value is -3.72. The summed E-state index contributed by atoms with van der Waals surface area (Å²) >= 11 is 6.22. The highest BCUT2D eigenvalue weighted by Gasteiger charge is 2.36. The molecule has 3 aromatic rings. The quantitative estimate of drug-likeness (QED) is 0.228. The Kier molecular flexibility index (Phi) is 13.2. The van der Waals surface area contributed by atoms with Crippen molar-refractivity contribution in [1.29, 1.82) is 0 Å². The van der Waals surface area contributed by atoms with E-state index < -0.39 is 18.1 Å². The molecule has 0 bridgehead atoms. The maximum atomic E-state index is 14.1. The van der Waals surface area contributed by atoms with Crippen molar-refractivity contribution in [3.05, 3.63) is 106 Å². The monoisotopic (exact) mass is 645 g/mol. The topological polar surface area (TPSA) is 108 Å². The number of likely N-dealkylation sites (tertiary alicyclic amines) is 1. The Balaban J connectivity index is 1.51. The largest absolute Gasteiger partial charge is 0.343 e. The van der Waals surface area contributed by atoms with Gasteiger partial charge in [0.05, 0.1) is 12.1 Å². The van der Waals surface area contributed by atoms with Crippen molar-refractivity contribution in [2.24, 2.45) is 5.73 Å². The van der Waals surface area contributed by atoms with Crippen LogP contribution in [0.4, 0.5) is 0 Å². The van der Waals surface area contributed by atoms with Crippen molar-refractivity contribution in [3.63, 3.8) is 0 Å². The molecule has 1 saturated heterocycles. The summed E-state index contributed by atoms with van der Waals surface area (Å²) in [5.74, 6) is -0.459. The average molecular weight is 646 g/mol. The van der Waals surface area contributed by atoms with E-state index >= 15 is 0 Å². The molecule has 3 amide bonds. The zero-order valence-corrected chi connectivity index (χ0v) is 28.0. The third kappa shape index (κ3) is 9.89. The second-order valence-corrected chi connectivity index (χ2v) is 12.7. The van der Waals surface area contributed by atoms with Crippen molar-refractivity contribution in [3.8, 4) is 0 Å². The SMILES string of the molecule is CN[C@@H](C)C(=O)N[C@@H](CCc1ccccc1)C(=O)N1CCC[C@H]1CN(CCc1ccccc1)C(=O)[C@H](N)Cc1ccc(Cl)c(C)c1. The molecule has 1 heterocycles. The van der Waals surface area contributed by atoms with Crippen LogP contribution in [-0.2, 0) is 33.6 Å². The van der Waals surface area contributed by atoms with Gasteiger partial charge in [0, 0.05) is 30.7 Å². The third-order valence-electron chi connectivity index (χ3n) is 8.92. The predicted molar refractivity (Wildman–Crippen MR) is 185 cm³/mol. The van der Waals surface area contributed by atoms with Gasteiger partial charge in [-0.05, 0) is 87.7 Å². The zero-order valence-electron chi connectivity index (χ0n) is 27.3. The maximum Gasteiger partial charge on any atom is 0.245 e. The number of halogens is 1. The van der Waals surface area contributed by atoms with Gasteiger partial charge in [0.1, 0.15) is 6.04 Å². The molecule has 4 rings (SSSR count). The molecule has 0 unspecified atom stereocenters. The summed E-state index contributed by atoms with van der Waals surface area (Å²) in [7, 11) is 1.72. The van der Waals surface area contributed by atoms with E-state index in [1.807, 2.05) is 83.5 Å². The van der Waals surface area contributed by atoms with Gasteiger partial charge in [0.15, 0.2) is 0 Å². The molecule has 3 aromatic carbocycles. The molecular formula is C37H48ClN5O3. The Labute approximate surface area is 278 Å². The maximum absolute atomic E-state index is 14.1. The standard InChI is InChI=1S/C37H48ClN5O3/c1-26-23-30(16-18-32(26)38)24-33(39)36(45)42(22-20-29-13-8-5-9-14-29)25-31-15-10-21-43(31)37(46)34(41-35(44)27(2)40-3)19-17-28-11-6-4-7-12-28/h4-9,11-14,16,18,23,27,31,33-34,40H,10,15,17,19-22,24-25,39H2,1-3H3,(H,41,44)/t27-,31-,33+,34-/m0/s1. The highest BCUT2D eigenvalue weighted by Crippen LogP contribution is 2.22. The fourth-order valence-electron chi connectivity index (χ4n) is 6.02. The lowest BCUT2D eigenvalue weighted by molar-refractivity contribution is -0.140. The number of carbonyl (C=O) groups excluding carboxylic acids is 3. The van der Waals surface area contributed by atoms with Crippen LogP contribution in [0.15, 0.2) is 78.9 Å². The molecule has 246 valence electrons. The van der Waals surface area contributed by atoms with Gasteiger partial charge < -0.3 is 26.2 Å². The summed E-state index contributed by atoms with van der Waals surface area (Å²) < 4.78 is 0. The summed E-state index contributed by atoms with van der Waals surface area (Å²) in [6, 6.07) is 23.7. The molecule has 9 heteroatoms. The first-order valence-electron chi connectivity index (χ1n) is 16.3. The minimum Gasteiger partial charge on any atom is -0.343 e. The lowest BCUT2D eigenvalue weighted by atomic mass is 10.0. The fraction of sp³-hybridized carbons (Fsp3) is 0.432. The second-order valence-electron chi connectivity index (χ2n) is 12.3. The predicted octanol–water partition coefficient (Wildman–Crippen LogP) is 4.31. The Morgan fingerprint density at radius 3 is 2.26 bits per heavy atom. The van der Waals surface area contributed by atoms with Gasteiger partial charge in [-0.15, -0.1) is 0 Å². The molecule has 0 aromatic heterocycles. The van der Waals surface area contributed by atoms with Crippen LogP contribution in [0.25, 0.3) is 0 Å². The molecule has 1 aliphatic heterocycles. The van der Waals surface area contributed by atoms with Gasteiger partial charge in [-0.25, -0.2) is 0 Å². The Bertz CT molecular complexity index is 1440. The molecule has 4 N–H and O–H groups in total. The van der Waals surface area contributed by atoms with Gasteiger partial charge in [-0.3, -0.25) is 14.4 Å². The zero-order chi connectivity index (χ0) is 33.1. The van der Waals surface area contributed by atoms with Crippen LogP contribution in [0.3, 0.4) is 0 Å². The minimum absolute atomic E-state index is 0.105. The molecule has 1 aliphatic rings.